The van der Waals surface area contributed by atoms with Crippen molar-refractivity contribution in [3.63, 3.8) is 0 Å². The van der Waals surface area contributed by atoms with Crippen LogP contribution in [0, 0.1) is 25.2 Å². The van der Waals surface area contributed by atoms with E-state index >= 15 is 0 Å². The average Bonchev–Trinajstić information content (AvgIpc) is 3.36. The Hall–Kier alpha value is -3.09. The Morgan fingerprint density at radius 3 is 2.23 bits per heavy atom. The van der Waals surface area contributed by atoms with E-state index in [0.29, 0.717) is 5.92 Å². The largest absolute Gasteiger partial charge is 0.355 e. The van der Waals surface area contributed by atoms with Crippen LogP contribution in [-0.2, 0) is 0 Å². The molecule has 2 aromatic carbocycles. The second-order valence-electron chi connectivity index (χ2n) is 10.1. The molecule has 0 radical (unpaired) electrons. The maximum atomic E-state index is 5.42. The van der Waals surface area contributed by atoms with Crippen molar-refractivity contribution in [2.24, 2.45) is 10.9 Å². The van der Waals surface area contributed by atoms with Crippen LogP contribution < -0.4 is 0 Å². The lowest BCUT2D eigenvalue weighted by Gasteiger charge is -2.21. The number of aromatic nitrogens is 1. The summed E-state index contributed by atoms with van der Waals surface area (Å²) in [5.74, 6) is 3.27. The van der Waals surface area contributed by atoms with Crippen LogP contribution >= 0.6 is 0 Å². The Labute approximate surface area is 240 Å². The molecule has 3 heteroatoms. The predicted molar refractivity (Wildman–Crippen MR) is 178 cm³/mol. The molecule has 1 atom stereocenters. The SMILES string of the molecule is C#Cc1ccc2[nH]c(-c3cccc(C)c3)cc2c1.CC.CCC(C)=N/C=C\C(C)C.CCCC(CC)N(C)C. The monoisotopic (exact) mass is 529 g/mol. The summed E-state index contributed by atoms with van der Waals surface area (Å²) in [4.78, 5) is 9.95. The third-order valence-electron chi connectivity index (χ3n) is 6.22. The van der Waals surface area contributed by atoms with Crippen LogP contribution in [0.15, 0.2) is 65.8 Å². The number of hydrogen-bond donors (Lipinski definition) is 1. The molecule has 3 rings (SSSR count). The fourth-order valence-electron chi connectivity index (χ4n) is 3.78. The quantitative estimate of drug-likeness (QED) is 0.228. The Morgan fingerprint density at radius 1 is 1.05 bits per heavy atom. The number of aryl methyl sites for hydroxylation is 1. The first-order valence-corrected chi connectivity index (χ1v) is 14.7. The lowest BCUT2D eigenvalue weighted by molar-refractivity contribution is 0.269. The van der Waals surface area contributed by atoms with Crippen LogP contribution in [-0.4, -0.2) is 35.7 Å². The summed E-state index contributed by atoms with van der Waals surface area (Å²) in [6, 6.07) is 17.4. The van der Waals surface area contributed by atoms with Gasteiger partial charge in [0, 0.05) is 40.1 Å². The van der Waals surface area contributed by atoms with E-state index in [1.165, 1.54) is 36.1 Å². The lowest BCUT2D eigenvalue weighted by Crippen LogP contribution is -2.26. The van der Waals surface area contributed by atoms with E-state index in [1.807, 2.05) is 45.2 Å². The zero-order valence-corrected chi connectivity index (χ0v) is 26.7. The molecule has 39 heavy (non-hydrogen) atoms. The molecule has 0 saturated heterocycles. The molecule has 0 bridgehead atoms. The molecule has 214 valence electrons. The first kappa shape index (κ1) is 35.9. The maximum Gasteiger partial charge on any atom is 0.0464 e. The zero-order chi connectivity index (χ0) is 29.8. The molecular weight excluding hydrogens is 474 g/mol. The van der Waals surface area contributed by atoms with Gasteiger partial charge in [0.2, 0.25) is 0 Å². The van der Waals surface area contributed by atoms with Crippen molar-refractivity contribution in [3.05, 3.63) is 71.9 Å². The number of rotatable bonds is 8. The number of aromatic amines is 1. The van der Waals surface area contributed by atoms with Crippen LogP contribution in [0.5, 0.6) is 0 Å². The summed E-state index contributed by atoms with van der Waals surface area (Å²) < 4.78 is 0. The summed E-state index contributed by atoms with van der Waals surface area (Å²) in [6.07, 6.45) is 14.4. The number of nitrogens with zero attached hydrogens (tertiary/aromatic N) is 2. The van der Waals surface area contributed by atoms with E-state index in [-0.39, 0.29) is 0 Å². The summed E-state index contributed by atoms with van der Waals surface area (Å²) in [5.41, 5.74) is 6.81. The van der Waals surface area contributed by atoms with E-state index < -0.39 is 0 Å². The van der Waals surface area contributed by atoms with Crippen molar-refractivity contribution in [1.29, 1.82) is 0 Å². The van der Waals surface area contributed by atoms with Gasteiger partial charge in [-0.05, 0) is 89.0 Å². The minimum absolute atomic E-state index is 0.605. The third-order valence-corrected chi connectivity index (χ3v) is 6.22. The standard InChI is InChI=1S/C17H13N.C9H17N.C8H19N.C2H6/c1-3-13-7-8-16-15(10-13)11-17(18-16)14-6-4-5-12(2)9-14;1-5-9(4)10-7-6-8(2)3;1-5-7-8(6-2)9(3)4;1-2/h1,4-11,18H,2H3;6-8H,5H2,1-4H3;8H,5-7H2,1-4H3;1-2H3/b;7-6-,10-9?;;. The number of nitrogens with one attached hydrogen (secondary N) is 1. The normalized spacial score (nSPS) is 11.7. The Morgan fingerprint density at radius 2 is 1.74 bits per heavy atom. The van der Waals surface area contributed by atoms with E-state index in [4.69, 9.17) is 6.42 Å². The number of aliphatic imine (C=N–C) groups is 1. The number of benzene rings is 2. The van der Waals surface area contributed by atoms with Crippen LogP contribution in [0.1, 0.15) is 92.2 Å². The first-order valence-electron chi connectivity index (χ1n) is 14.7. The summed E-state index contributed by atoms with van der Waals surface area (Å²) in [5, 5.41) is 1.15. The van der Waals surface area contributed by atoms with Gasteiger partial charge in [-0.3, -0.25) is 4.99 Å². The van der Waals surface area contributed by atoms with Crippen molar-refractivity contribution < 1.29 is 0 Å². The number of terminal acetylenes is 1. The van der Waals surface area contributed by atoms with Gasteiger partial charge in [-0.25, -0.2) is 0 Å². The second-order valence-corrected chi connectivity index (χ2v) is 10.1. The Kier molecular flexibility index (Phi) is 19.2. The second kappa shape index (κ2) is 20.8. The molecule has 0 aliphatic rings. The fraction of sp³-hybridized carbons (Fsp3) is 0.472. The average molecular weight is 530 g/mol. The minimum atomic E-state index is 0.605. The van der Waals surface area contributed by atoms with Gasteiger partial charge in [0.25, 0.3) is 0 Å². The molecule has 0 fully saturated rings. The lowest BCUT2D eigenvalue weighted by atomic mass is 10.1. The highest BCUT2D eigenvalue weighted by Gasteiger charge is 2.05. The van der Waals surface area contributed by atoms with Crippen molar-refractivity contribution in [1.82, 2.24) is 9.88 Å². The third kappa shape index (κ3) is 14.6. The molecule has 0 spiro atoms. The van der Waals surface area contributed by atoms with Gasteiger partial charge in [-0.1, -0.05) is 90.6 Å². The minimum Gasteiger partial charge on any atom is -0.355 e. The molecule has 1 heterocycles. The molecule has 3 aromatic rings. The van der Waals surface area contributed by atoms with Gasteiger partial charge in [0.15, 0.2) is 0 Å². The van der Waals surface area contributed by atoms with Crippen LogP contribution in [0.25, 0.3) is 22.2 Å². The number of fused-ring (bicyclic) bond motifs is 1. The van der Waals surface area contributed by atoms with Crippen LogP contribution in [0.4, 0.5) is 0 Å². The topological polar surface area (TPSA) is 31.4 Å². The molecule has 1 unspecified atom stereocenters. The van der Waals surface area contributed by atoms with E-state index in [1.54, 1.807) is 0 Å². The number of H-pyrrole nitrogens is 1. The molecule has 0 saturated carbocycles. The van der Waals surface area contributed by atoms with Gasteiger partial charge in [0.1, 0.15) is 0 Å². The molecule has 0 amide bonds. The zero-order valence-electron chi connectivity index (χ0n) is 26.7. The molecule has 3 nitrogen and oxygen atoms in total. The van der Waals surface area contributed by atoms with E-state index in [9.17, 15) is 0 Å². The van der Waals surface area contributed by atoms with Crippen molar-refractivity contribution in [3.8, 4) is 23.6 Å². The van der Waals surface area contributed by atoms with Gasteiger partial charge in [-0.2, -0.15) is 0 Å². The number of hydrogen-bond acceptors (Lipinski definition) is 2. The molecule has 0 aliphatic heterocycles. The van der Waals surface area contributed by atoms with E-state index in [0.717, 1.165) is 34.6 Å². The Balaban J connectivity index is 0.000000591. The Bertz CT molecular complexity index is 1160. The number of allylic oxidation sites excluding steroid dienone is 1. The van der Waals surface area contributed by atoms with E-state index in [2.05, 4.69) is 113 Å². The molecule has 0 aliphatic carbocycles. The highest BCUT2D eigenvalue weighted by molar-refractivity contribution is 5.87. The van der Waals surface area contributed by atoms with Crippen LogP contribution in [0.2, 0.25) is 0 Å². The summed E-state index contributed by atoms with van der Waals surface area (Å²) >= 11 is 0. The summed E-state index contributed by atoms with van der Waals surface area (Å²) in [7, 11) is 4.31. The molecule has 1 aromatic heterocycles. The fourth-order valence-corrected chi connectivity index (χ4v) is 3.78. The van der Waals surface area contributed by atoms with Crippen molar-refractivity contribution in [2.75, 3.05) is 14.1 Å². The van der Waals surface area contributed by atoms with Crippen molar-refractivity contribution >= 4 is 16.6 Å². The van der Waals surface area contributed by atoms with Crippen LogP contribution in [0.3, 0.4) is 0 Å². The molecular formula is C36H55N3. The van der Waals surface area contributed by atoms with Gasteiger partial charge in [-0.15, -0.1) is 6.42 Å². The van der Waals surface area contributed by atoms with Gasteiger partial charge in [0.05, 0.1) is 0 Å². The first-order chi connectivity index (χ1) is 18.6. The van der Waals surface area contributed by atoms with Crippen molar-refractivity contribution in [2.45, 2.75) is 94.0 Å². The maximum absolute atomic E-state index is 5.42. The predicted octanol–water partition coefficient (Wildman–Crippen LogP) is 10.3. The van der Waals surface area contributed by atoms with Gasteiger partial charge < -0.3 is 9.88 Å². The highest BCUT2D eigenvalue weighted by atomic mass is 15.1. The summed E-state index contributed by atoms with van der Waals surface area (Å²) in [6.45, 7) is 19.0. The smallest absolute Gasteiger partial charge is 0.0464 e. The highest BCUT2D eigenvalue weighted by Crippen LogP contribution is 2.25. The van der Waals surface area contributed by atoms with Gasteiger partial charge >= 0.3 is 0 Å². The molecule has 1 N–H and O–H groups in total.